The van der Waals surface area contributed by atoms with Crippen molar-refractivity contribution >= 4 is 5.97 Å². The molecule has 216 valence electrons. The highest BCUT2D eigenvalue weighted by Gasteiger charge is 2.55. The third-order valence-corrected chi connectivity index (χ3v) is 8.11. The van der Waals surface area contributed by atoms with Crippen molar-refractivity contribution in [3.05, 3.63) is 41.0 Å². The molecule has 2 aromatic rings. The first-order chi connectivity index (χ1) is 19.3. The monoisotopic (exact) mass is 562 g/mol. The number of hydrogen-bond donors (Lipinski definition) is 5. The Morgan fingerprint density at radius 3 is 2.17 bits per heavy atom. The third kappa shape index (κ3) is 4.12. The highest BCUT2D eigenvalue weighted by atomic mass is 16.7. The summed E-state index contributed by atoms with van der Waals surface area (Å²) in [6.07, 6.45) is -8.35. The van der Waals surface area contributed by atoms with Crippen molar-refractivity contribution in [1.29, 1.82) is 0 Å². The average molecular weight is 563 g/mol. The van der Waals surface area contributed by atoms with Crippen LogP contribution in [0.25, 0.3) is 0 Å². The number of phenolic OH excluding ortho intramolecular Hbond substituents is 1. The number of ether oxygens (including phenoxy) is 7. The number of aliphatic hydroxyl groups excluding tert-OH is 4. The van der Waals surface area contributed by atoms with Gasteiger partial charge in [-0.1, -0.05) is 0 Å². The van der Waals surface area contributed by atoms with E-state index in [4.69, 9.17) is 33.2 Å². The van der Waals surface area contributed by atoms with Gasteiger partial charge in [-0.2, -0.15) is 0 Å². The van der Waals surface area contributed by atoms with Crippen molar-refractivity contribution in [2.24, 2.45) is 11.8 Å². The lowest BCUT2D eigenvalue weighted by Crippen LogP contribution is -2.59. The fraction of sp³-hybridized carbons (Fsp3) is 0.519. The van der Waals surface area contributed by atoms with Gasteiger partial charge in [0, 0.05) is 11.8 Å². The Bertz CT molecular complexity index is 1270. The molecule has 0 radical (unpaired) electrons. The van der Waals surface area contributed by atoms with Gasteiger partial charge in [0.05, 0.1) is 39.5 Å². The zero-order valence-corrected chi connectivity index (χ0v) is 21.6. The summed E-state index contributed by atoms with van der Waals surface area (Å²) >= 11 is 0. The summed E-state index contributed by atoms with van der Waals surface area (Å²) in [4.78, 5) is 13.3. The zero-order chi connectivity index (χ0) is 28.3. The fourth-order valence-electron chi connectivity index (χ4n) is 6.10. The normalized spacial score (nSPS) is 34.1. The van der Waals surface area contributed by atoms with E-state index in [0.29, 0.717) is 28.2 Å². The molecule has 6 rings (SSSR count). The van der Waals surface area contributed by atoms with Crippen LogP contribution in [0.5, 0.6) is 28.7 Å². The van der Waals surface area contributed by atoms with E-state index in [-0.39, 0.29) is 30.6 Å². The third-order valence-electron chi connectivity index (χ3n) is 8.11. The molecule has 4 aliphatic rings. The van der Waals surface area contributed by atoms with E-state index in [1.54, 1.807) is 24.3 Å². The van der Waals surface area contributed by atoms with E-state index in [9.17, 15) is 30.3 Å². The first-order valence-corrected chi connectivity index (χ1v) is 12.8. The number of aromatic hydroxyl groups is 1. The molecule has 1 aliphatic carbocycles. The molecule has 40 heavy (non-hydrogen) atoms. The number of cyclic esters (lactones) is 1. The van der Waals surface area contributed by atoms with Crippen molar-refractivity contribution in [2.45, 2.75) is 42.7 Å². The summed E-state index contributed by atoms with van der Waals surface area (Å²) in [5.41, 5.74) is 1.83. The molecule has 13 heteroatoms. The number of esters is 1. The van der Waals surface area contributed by atoms with Gasteiger partial charge in [0.2, 0.25) is 12.5 Å². The SMILES string of the molecule is COc1cc([C@@H]2c3cc4c(cc3[C@@H](OC3O[C@@H](CO)[C@@H](O)[C@H](O)[C@@H]3O)[C@H]3COC(=O)[C@H]23)OCO4)cc(OC)c1O. The van der Waals surface area contributed by atoms with Gasteiger partial charge in [0.15, 0.2) is 29.3 Å². The van der Waals surface area contributed by atoms with Gasteiger partial charge in [-0.25, -0.2) is 0 Å². The topological polar surface area (TPSA) is 183 Å². The van der Waals surface area contributed by atoms with Crippen LogP contribution in [0.15, 0.2) is 24.3 Å². The minimum absolute atomic E-state index is 0.00309. The van der Waals surface area contributed by atoms with Gasteiger partial charge >= 0.3 is 5.97 Å². The largest absolute Gasteiger partial charge is 0.502 e. The summed E-state index contributed by atoms with van der Waals surface area (Å²) in [6, 6.07) is 6.73. The molecule has 0 saturated carbocycles. The van der Waals surface area contributed by atoms with Crippen molar-refractivity contribution in [3.63, 3.8) is 0 Å². The van der Waals surface area contributed by atoms with Gasteiger partial charge in [-0.3, -0.25) is 4.79 Å². The minimum Gasteiger partial charge on any atom is -0.502 e. The van der Waals surface area contributed by atoms with E-state index >= 15 is 0 Å². The molecule has 3 aliphatic heterocycles. The first kappa shape index (κ1) is 26.9. The number of phenols is 1. The van der Waals surface area contributed by atoms with Gasteiger partial charge in [-0.15, -0.1) is 0 Å². The summed E-state index contributed by atoms with van der Waals surface area (Å²) in [5, 5.41) is 51.4. The van der Waals surface area contributed by atoms with Gasteiger partial charge in [-0.05, 0) is 41.0 Å². The summed E-state index contributed by atoms with van der Waals surface area (Å²) in [5.74, 6) is -1.43. The van der Waals surface area contributed by atoms with Gasteiger partial charge in [0.25, 0.3) is 0 Å². The average Bonchev–Trinajstić information content (AvgIpc) is 3.58. The van der Waals surface area contributed by atoms with Crippen LogP contribution in [0, 0.1) is 11.8 Å². The second-order valence-corrected chi connectivity index (χ2v) is 10.2. The number of methoxy groups -OCH3 is 2. The van der Waals surface area contributed by atoms with Crippen LogP contribution in [-0.2, 0) is 19.0 Å². The van der Waals surface area contributed by atoms with Gasteiger partial charge < -0.3 is 58.7 Å². The Kier molecular flexibility index (Phi) is 6.89. The molecule has 1 unspecified atom stereocenters. The Morgan fingerprint density at radius 2 is 1.55 bits per heavy atom. The lowest BCUT2D eigenvalue weighted by atomic mass is 9.66. The van der Waals surface area contributed by atoms with E-state index in [0.717, 1.165) is 0 Å². The standard InChI is InChI=1S/C27H30O13/c1-34-16-3-10(4-17(35-2)21(16)29)19-11-5-14-15(38-9-37-14)6-12(11)25(13-8-36-26(33)20(13)19)40-27-24(32)23(31)22(30)18(7-28)39-27/h3-6,13,18-20,22-25,27-32H,7-9H2,1-2H3/t13-,18-,19+,20-,22+,23-,24-,25+,27?/m0/s1. The van der Waals surface area contributed by atoms with Crippen LogP contribution in [0.1, 0.15) is 28.7 Å². The summed E-state index contributed by atoms with van der Waals surface area (Å²) in [6.45, 7) is -0.635. The molecule has 3 heterocycles. The highest BCUT2D eigenvalue weighted by molar-refractivity contribution is 5.79. The van der Waals surface area contributed by atoms with Crippen molar-refractivity contribution in [1.82, 2.24) is 0 Å². The maximum atomic E-state index is 13.3. The smallest absolute Gasteiger partial charge is 0.310 e. The quantitative estimate of drug-likeness (QED) is 0.295. The number of hydrogen-bond acceptors (Lipinski definition) is 13. The summed E-state index contributed by atoms with van der Waals surface area (Å²) in [7, 11) is 2.81. The van der Waals surface area contributed by atoms with E-state index < -0.39 is 67.1 Å². The molecule has 9 atom stereocenters. The summed E-state index contributed by atoms with van der Waals surface area (Å²) < 4.78 is 39.4. The zero-order valence-electron chi connectivity index (χ0n) is 21.6. The molecule has 0 aromatic heterocycles. The second kappa shape index (κ2) is 10.3. The van der Waals surface area contributed by atoms with Gasteiger partial charge in [0.1, 0.15) is 24.4 Å². The van der Waals surface area contributed by atoms with Crippen LogP contribution in [0.4, 0.5) is 0 Å². The number of benzene rings is 2. The molecule has 2 saturated heterocycles. The lowest BCUT2D eigenvalue weighted by molar-refractivity contribution is -0.317. The fourth-order valence-corrected chi connectivity index (χ4v) is 6.10. The first-order valence-electron chi connectivity index (χ1n) is 12.8. The number of carbonyl (C=O) groups is 1. The number of fused-ring (bicyclic) bond motifs is 3. The molecular formula is C27H30O13. The van der Waals surface area contributed by atoms with E-state index in [1.165, 1.54) is 14.2 Å². The highest BCUT2D eigenvalue weighted by Crippen LogP contribution is 2.57. The van der Waals surface area contributed by atoms with Crippen molar-refractivity contribution in [2.75, 3.05) is 34.2 Å². The molecule has 0 bridgehead atoms. The van der Waals surface area contributed by atoms with Crippen molar-refractivity contribution in [3.8, 4) is 28.7 Å². The van der Waals surface area contributed by atoms with E-state index in [1.807, 2.05) is 0 Å². The maximum Gasteiger partial charge on any atom is 0.310 e. The predicted molar refractivity (Wildman–Crippen MR) is 131 cm³/mol. The Morgan fingerprint density at radius 1 is 0.900 bits per heavy atom. The Balaban J connectivity index is 1.48. The van der Waals surface area contributed by atoms with Crippen LogP contribution >= 0.6 is 0 Å². The number of rotatable bonds is 6. The molecule has 0 spiro atoms. The van der Waals surface area contributed by atoms with Crippen LogP contribution in [0.3, 0.4) is 0 Å². The molecule has 2 aromatic carbocycles. The number of aliphatic hydroxyl groups is 4. The second-order valence-electron chi connectivity index (χ2n) is 10.2. The Labute approximate surface area is 228 Å². The van der Waals surface area contributed by atoms with Crippen molar-refractivity contribution < 1.29 is 63.5 Å². The molecule has 5 N–H and O–H groups in total. The lowest BCUT2D eigenvalue weighted by Gasteiger charge is -2.44. The number of carbonyl (C=O) groups excluding carboxylic acids is 1. The van der Waals surface area contributed by atoms with E-state index in [2.05, 4.69) is 0 Å². The molecular weight excluding hydrogens is 532 g/mol. The Hall–Kier alpha value is -3.33. The van der Waals surface area contributed by atoms with Crippen LogP contribution in [-0.4, -0.2) is 96.4 Å². The van der Waals surface area contributed by atoms with Crippen LogP contribution in [0.2, 0.25) is 0 Å². The van der Waals surface area contributed by atoms with Crippen LogP contribution < -0.4 is 18.9 Å². The molecule has 0 amide bonds. The molecule has 2 fully saturated rings. The predicted octanol–water partition coefficient (Wildman–Crippen LogP) is -0.0696. The minimum atomic E-state index is -1.64. The maximum absolute atomic E-state index is 13.3. The molecule has 13 nitrogen and oxygen atoms in total.